The molecule has 0 fully saturated rings. The number of nitrogens with zero attached hydrogens (tertiary/aromatic N) is 3. The van der Waals surface area contributed by atoms with Crippen LogP contribution in [0.15, 0.2) is 46.9 Å². The van der Waals surface area contributed by atoms with Gasteiger partial charge in [0.2, 0.25) is 17.7 Å². The number of rotatable bonds is 6. The smallest absolute Gasteiger partial charge is 0.226 e. The van der Waals surface area contributed by atoms with Crippen LogP contribution in [0.2, 0.25) is 0 Å². The molecule has 4 rings (SSSR count). The van der Waals surface area contributed by atoms with Crippen LogP contribution < -0.4 is 10.5 Å². The molecule has 0 saturated heterocycles. The molecule has 2 heterocycles. The van der Waals surface area contributed by atoms with Crippen LogP contribution in [-0.2, 0) is 17.6 Å². The van der Waals surface area contributed by atoms with Crippen molar-refractivity contribution >= 4 is 27.5 Å². The number of methoxy groups -OCH3 is 1. The van der Waals surface area contributed by atoms with E-state index in [1.54, 1.807) is 18.4 Å². The van der Waals surface area contributed by atoms with Crippen molar-refractivity contribution in [1.29, 1.82) is 0 Å². The SMILES string of the molecule is COc1ccc(-c2ccc3nc(Cc4nnc(CC(N)=O)o4)sc3c2)cc1. The number of hydrogen-bond acceptors (Lipinski definition) is 7. The van der Waals surface area contributed by atoms with Gasteiger partial charge in [-0.3, -0.25) is 4.79 Å². The van der Waals surface area contributed by atoms with E-state index in [2.05, 4.69) is 21.2 Å². The average molecular weight is 380 g/mol. The van der Waals surface area contributed by atoms with Gasteiger partial charge in [0.05, 0.1) is 23.7 Å². The topological polar surface area (TPSA) is 104 Å². The van der Waals surface area contributed by atoms with Gasteiger partial charge in [-0.1, -0.05) is 18.2 Å². The predicted octanol–water partition coefficient (Wildman–Crippen LogP) is 2.97. The molecule has 0 aliphatic rings. The molecule has 7 nitrogen and oxygen atoms in total. The molecule has 0 aliphatic heterocycles. The van der Waals surface area contributed by atoms with Gasteiger partial charge in [0.15, 0.2) is 0 Å². The highest BCUT2D eigenvalue weighted by molar-refractivity contribution is 7.18. The number of aromatic nitrogens is 3. The number of hydrogen-bond donors (Lipinski definition) is 1. The maximum absolute atomic E-state index is 10.9. The molecule has 0 atom stereocenters. The Morgan fingerprint density at radius 3 is 2.59 bits per heavy atom. The minimum absolute atomic E-state index is 0.0575. The van der Waals surface area contributed by atoms with Gasteiger partial charge >= 0.3 is 0 Å². The van der Waals surface area contributed by atoms with Crippen molar-refractivity contribution in [1.82, 2.24) is 15.2 Å². The van der Waals surface area contributed by atoms with Gasteiger partial charge in [0.25, 0.3) is 0 Å². The van der Waals surface area contributed by atoms with Crippen LogP contribution in [0.5, 0.6) is 5.75 Å². The zero-order valence-corrected chi connectivity index (χ0v) is 15.3. The Kier molecular flexibility index (Phi) is 4.55. The number of fused-ring (bicyclic) bond motifs is 1. The first-order chi connectivity index (χ1) is 13.1. The highest BCUT2D eigenvalue weighted by Crippen LogP contribution is 2.30. The molecule has 2 N–H and O–H groups in total. The summed E-state index contributed by atoms with van der Waals surface area (Å²) < 4.78 is 11.7. The number of nitrogens with two attached hydrogens (primary N) is 1. The molecule has 27 heavy (non-hydrogen) atoms. The molecule has 0 aliphatic carbocycles. The van der Waals surface area contributed by atoms with Crippen LogP contribution in [0, 0.1) is 0 Å². The minimum Gasteiger partial charge on any atom is -0.497 e. The third kappa shape index (κ3) is 3.80. The Hall–Kier alpha value is -3.26. The second kappa shape index (κ2) is 7.16. The summed E-state index contributed by atoms with van der Waals surface area (Å²) in [5.41, 5.74) is 8.28. The lowest BCUT2D eigenvalue weighted by Crippen LogP contribution is -2.13. The van der Waals surface area contributed by atoms with Gasteiger partial charge < -0.3 is 14.9 Å². The Morgan fingerprint density at radius 1 is 1.11 bits per heavy atom. The molecular weight excluding hydrogens is 364 g/mol. The first-order valence-corrected chi connectivity index (χ1v) is 9.06. The van der Waals surface area contributed by atoms with Crippen molar-refractivity contribution in [2.45, 2.75) is 12.8 Å². The van der Waals surface area contributed by atoms with Crippen LogP contribution in [0.3, 0.4) is 0 Å². The van der Waals surface area contributed by atoms with E-state index in [9.17, 15) is 4.79 Å². The lowest BCUT2D eigenvalue weighted by Gasteiger charge is -2.03. The fraction of sp³-hybridized carbons (Fsp3) is 0.158. The maximum atomic E-state index is 10.9. The highest BCUT2D eigenvalue weighted by atomic mass is 32.1. The van der Waals surface area contributed by atoms with E-state index in [0.29, 0.717) is 12.3 Å². The summed E-state index contributed by atoms with van der Waals surface area (Å²) in [7, 11) is 1.65. The van der Waals surface area contributed by atoms with Crippen molar-refractivity contribution in [2.75, 3.05) is 7.11 Å². The van der Waals surface area contributed by atoms with Gasteiger partial charge in [-0.25, -0.2) is 4.98 Å². The van der Waals surface area contributed by atoms with E-state index in [0.717, 1.165) is 32.1 Å². The highest BCUT2D eigenvalue weighted by Gasteiger charge is 2.12. The number of carbonyl (C=O) groups is 1. The second-order valence-corrected chi connectivity index (χ2v) is 7.04. The quantitative estimate of drug-likeness (QED) is 0.551. The summed E-state index contributed by atoms with van der Waals surface area (Å²) in [4.78, 5) is 15.5. The van der Waals surface area contributed by atoms with Crippen molar-refractivity contribution in [2.24, 2.45) is 5.73 Å². The van der Waals surface area contributed by atoms with Crippen LogP contribution in [0.25, 0.3) is 21.3 Å². The van der Waals surface area contributed by atoms with E-state index in [1.807, 2.05) is 36.4 Å². The Balaban J connectivity index is 1.56. The molecule has 136 valence electrons. The van der Waals surface area contributed by atoms with Crippen LogP contribution in [0.4, 0.5) is 0 Å². The van der Waals surface area contributed by atoms with E-state index in [4.69, 9.17) is 14.9 Å². The van der Waals surface area contributed by atoms with Gasteiger partial charge in [-0.05, 0) is 35.4 Å². The summed E-state index contributed by atoms with van der Waals surface area (Å²) in [5.74, 6) is 0.965. The molecule has 4 aromatic rings. The average Bonchev–Trinajstić information content (AvgIpc) is 3.27. The number of carbonyl (C=O) groups excluding carboxylic acids is 1. The van der Waals surface area contributed by atoms with Crippen LogP contribution in [-0.4, -0.2) is 28.2 Å². The predicted molar refractivity (Wildman–Crippen MR) is 102 cm³/mol. The Morgan fingerprint density at radius 2 is 1.85 bits per heavy atom. The molecular formula is C19H16N4O3S. The van der Waals surface area contributed by atoms with E-state index in [1.165, 1.54) is 0 Å². The lowest BCUT2D eigenvalue weighted by atomic mass is 10.1. The fourth-order valence-electron chi connectivity index (χ4n) is 2.72. The number of amides is 1. The Labute approximate surface area is 158 Å². The van der Waals surface area contributed by atoms with Crippen molar-refractivity contribution in [3.63, 3.8) is 0 Å². The molecule has 8 heteroatoms. The largest absolute Gasteiger partial charge is 0.497 e. The summed E-state index contributed by atoms with van der Waals surface area (Å²) in [6, 6.07) is 14.1. The first kappa shape index (κ1) is 17.2. The number of ether oxygens (including phenoxy) is 1. The molecule has 2 aromatic carbocycles. The van der Waals surface area contributed by atoms with Crippen LogP contribution >= 0.6 is 11.3 Å². The number of thiazole rings is 1. The first-order valence-electron chi connectivity index (χ1n) is 8.24. The minimum atomic E-state index is -0.503. The molecule has 2 aromatic heterocycles. The third-order valence-electron chi connectivity index (χ3n) is 3.99. The summed E-state index contributed by atoms with van der Waals surface area (Å²) >= 11 is 1.58. The van der Waals surface area contributed by atoms with Crippen molar-refractivity contribution in [3.05, 3.63) is 59.3 Å². The zero-order valence-electron chi connectivity index (χ0n) is 14.5. The number of primary amides is 1. The Bertz CT molecular complexity index is 1100. The normalized spacial score (nSPS) is 11.0. The van der Waals surface area contributed by atoms with Crippen LogP contribution in [0.1, 0.15) is 16.8 Å². The summed E-state index contributed by atoms with van der Waals surface area (Å²) in [6.45, 7) is 0. The second-order valence-electron chi connectivity index (χ2n) is 5.93. The molecule has 0 radical (unpaired) electrons. The molecule has 1 amide bonds. The number of benzene rings is 2. The van der Waals surface area contributed by atoms with E-state index in [-0.39, 0.29) is 12.3 Å². The summed E-state index contributed by atoms with van der Waals surface area (Å²) in [5, 5.41) is 8.64. The lowest BCUT2D eigenvalue weighted by molar-refractivity contribution is -0.117. The molecule has 0 bridgehead atoms. The molecule has 0 saturated carbocycles. The van der Waals surface area contributed by atoms with E-state index >= 15 is 0 Å². The zero-order chi connectivity index (χ0) is 18.8. The standard InChI is InChI=1S/C19H16N4O3S/c1-25-13-5-2-11(3-6-13)12-4-7-14-15(8-12)27-19(21-14)10-18-23-22-17(26-18)9-16(20)24/h2-8H,9-10H2,1H3,(H2,20,24). The van der Waals surface area contributed by atoms with Gasteiger partial charge in [-0.15, -0.1) is 21.5 Å². The third-order valence-corrected chi connectivity index (χ3v) is 5.01. The van der Waals surface area contributed by atoms with Gasteiger partial charge in [0.1, 0.15) is 17.2 Å². The van der Waals surface area contributed by atoms with Gasteiger partial charge in [-0.2, -0.15) is 0 Å². The van der Waals surface area contributed by atoms with E-state index < -0.39 is 5.91 Å². The van der Waals surface area contributed by atoms with Crippen molar-refractivity contribution in [3.8, 4) is 16.9 Å². The fourth-order valence-corrected chi connectivity index (χ4v) is 3.72. The monoisotopic (exact) mass is 380 g/mol. The molecule has 0 unspecified atom stereocenters. The maximum Gasteiger partial charge on any atom is 0.226 e. The van der Waals surface area contributed by atoms with Crippen molar-refractivity contribution < 1.29 is 13.9 Å². The van der Waals surface area contributed by atoms with Gasteiger partial charge in [0, 0.05) is 0 Å². The summed E-state index contributed by atoms with van der Waals surface area (Å²) in [6.07, 6.45) is 0.362. The molecule has 0 spiro atoms.